The molecule has 3 rings (SSSR count). The molecule has 91 valence electrons. The van der Waals surface area contributed by atoms with Crippen LogP contribution in [0.25, 0.3) is 27.1 Å². The van der Waals surface area contributed by atoms with Crippen molar-refractivity contribution < 1.29 is 32.7 Å². The van der Waals surface area contributed by atoms with Crippen LogP contribution in [0.5, 0.6) is 0 Å². The summed E-state index contributed by atoms with van der Waals surface area (Å²) in [5.41, 5.74) is 2.27. The number of benzene rings is 3. The molecule has 0 aromatic heterocycles. The molecule has 0 aliphatic heterocycles. The molecule has 0 aliphatic carbocycles. The number of rotatable bonds is 1. The molecule has 3 aromatic carbocycles. The maximum atomic E-state index is 3.33. The number of allylic oxidation sites excluding steroid dienone is 2. The van der Waals surface area contributed by atoms with Crippen molar-refractivity contribution in [1.29, 1.82) is 0 Å². The Kier molecular flexibility index (Phi) is 4.55. The van der Waals surface area contributed by atoms with Gasteiger partial charge in [0.15, 0.2) is 0 Å². The van der Waals surface area contributed by atoms with Gasteiger partial charge >= 0.3 is 0 Å². The van der Waals surface area contributed by atoms with E-state index in [4.69, 9.17) is 0 Å². The topological polar surface area (TPSA) is 0 Å². The molecule has 0 N–H and O–H groups in total. The molecule has 0 saturated carbocycles. The minimum Gasteiger partial charge on any atom is -0.327 e. The molecule has 0 heterocycles. The second-order valence-corrected chi connectivity index (χ2v) is 4.55. The Morgan fingerprint density at radius 2 is 1.58 bits per heavy atom. The fourth-order valence-electron chi connectivity index (χ4n) is 2.23. The Bertz CT molecular complexity index is 754. The smallest absolute Gasteiger partial charge is 0 e. The maximum Gasteiger partial charge on any atom is 0 e. The Morgan fingerprint density at radius 1 is 0.947 bits per heavy atom. The molecule has 19 heavy (non-hydrogen) atoms. The summed E-state index contributed by atoms with van der Waals surface area (Å²) in [7, 11) is 0. The second kappa shape index (κ2) is 5.99. The molecule has 0 unspecified atom stereocenters. The van der Waals surface area contributed by atoms with Gasteiger partial charge in [0.1, 0.15) is 0 Å². The molecule has 0 atom stereocenters. The van der Waals surface area contributed by atoms with Crippen LogP contribution >= 0.6 is 0 Å². The molecular weight excluding hydrogens is 305 g/mol. The number of hydrogen-bond acceptors (Lipinski definition) is 0. The first-order valence-corrected chi connectivity index (χ1v) is 6.14. The summed E-state index contributed by atoms with van der Waals surface area (Å²) in [5, 5.41) is 5.06. The number of fused-ring (bicyclic) bond motifs is 2. The summed E-state index contributed by atoms with van der Waals surface area (Å²) in [4.78, 5) is 0. The van der Waals surface area contributed by atoms with Crippen LogP contribution in [0.1, 0.15) is 19.4 Å². The van der Waals surface area contributed by atoms with Crippen molar-refractivity contribution in [3.05, 3.63) is 66.2 Å². The average molecular weight is 319 g/mol. The van der Waals surface area contributed by atoms with Crippen LogP contribution in [-0.4, -0.2) is 0 Å². The van der Waals surface area contributed by atoms with E-state index in [9.17, 15) is 0 Å². The molecule has 0 nitrogen and oxygen atoms in total. The maximum absolute atomic E-state index is 3.33. The minimum absolute atomic E-state index is 0. The summed E-state index contributed by atoms with van der Waals surface area (Å²) in [5.74, 6) is 0. The zero-order valence-corrected chi connectivity index (χ0v) is 14.0. The van der Waals surface area contributed by atoms with E-state index in [1.165, 1.54) is 21.5 Å². The van der Waals surface area contributed by atoms with E-state index in [0.29, 0.717) is 0 Å². The van der Waals surface area contributed by atoms with Crippen molar-refractivity contribution in [2.75, 3.05) is 0 Å². The van der Waals surface area contributed by atoms with E-state index >= 15 is 0 Å². The first-order valence-electron chi connectivity index (χ1n) is 6.14. The molecule has 1 radical (unpaired) electrons. The Morgan fingerprint density at radius 3 is 2.21 bits per heavy atom. The monoisotopic (exact) mass is 319 g/mol. The van der Waals surface area contributed by atoms with Gasteiger partial charge in [-0.2, -0.15) is 6.07 Å². The van der Waals surface area contributed by atoms with E-state index in [2.05, 4.69) is 67.6 Å². The Balaban J connectivity index is 0.00000133. The van der Waals surface area contributed by atoms with Crippen molar-refractivity contribution >= 4 is 27.1 Å². The van der Waals surface area contributed by atoms with E-state index in [1.54, 1.807) is 0 Å². The normalized spacial score (nSPS) is 11.6. The van der Waals surface area contributed by atoms with E-state index in [1.807, 2.05) is 6.92 Å². The van der Waals surface area contributed by atoms with Crippen LogP contribution in [0.3, 0.4) is 0 Å². The van der Waals surface area contributed by atoms with Gasteiger partial charge in [-0.3, -0.25) is 0 Å². The Hall–Kier alpha value is -0.976. The summed E-state index contributed by atoms with van der Waals surface area (Å²) < 4.78 is 0. The molecule has 0 bridgehead atoms. The van der Waals surface area contributed by atoms with Crippen LogP contribution in [0.15, 0.2) is 48.5 Å². The van der Waals surface area contributed by atoms with Crippen molar-refractivity contribution in [3.63, 3.8) is 0 Å². The molecule has 0 amide bonds. The van der Waals surface area contributed by atoms with Gasteiger partial charge in [0.05, 0.1) is 0 Å². The van der Waals surface area contributed by atoms with Gasteiger partial charge in [0.25, 0.3) is 0 Å². The van der Waals surface area contributed by atoms with Crippen LogP contribution < -0.4 is 0 Å². The summed E-state index contributed by atoms with van der Waals surface area (Å²) in [6.07, 6.45) is 3.17. The Labute approximate surface area is 139 Å². The summed E-state index contributed by atoms with van der Waals surface area (Å²) >= 11 is 0. The van der Waals surface area contributed by atoms with Crippen LogP contribution in [0.2, 0.25) is 0 Å². The fraction of sp³-hybridized carbons (Fsp3) is 0.111. The van der Waals surface area contributed by atoms with Crippen LogP contribution in [-0.2, 0) is 32.7 Å². The van der Waals surface area contributed by atoms with Gasteiger partial charge in [-0.15, -0.1) is 24.6 Å². The predicted molar refractivity (Wildman–Crippen MR) is 78.3 cm³/mol. The third-order valence-electron chi connectivity index (χ3n) is 3.41. The first kappa shape index (κ1) is 14.4. The number of hydrogen-bond donors (Lipinski definition) is 0. The molecule has 1 heteroatoms. The largest absolute Gasteiger partial charge is 0.327 e. The summed E-state index contributed by atoms with van der Waals surface area (Å²) in [6, 6.07) is 20.5. The van der Waals surface area contributed by atoms with Crippen LogP contribution in [0.4, 0.5) is 0 Å². The molecule has 0 fully saturated rings. The third kappa shape index (κ3) is 2.80. The first-order chi connectivity index (χ1) is 8.78. The average Bonchev–Trinajstić information content (AvgIpc) is 2.43. The summed E-state index contributed by atoms with van der Waals surface area (Å²) in [6.45, 7) is 4.01. The molecular formula is C18H14Y-2. The standard InChI is InChI=1S/C18H14.Y/c1-3-13(2)14-8-9-17-11-15-6-4-5-7-16(15)12-18(17)10-14;/h4-7,9-12H,1-2H3;/q-2;. The van der Waals surface area contributed by atoms with Gasteiger partial charge < -0.3 is 17.2 Å². The van der Waals surface area contributed by atoms with E-state index < -0.39 is 0 Å². The van der Waals surface area contributed by atoms with Gasteiger partial charge in [-0.05, 0) is 10.8 Å². The van der Waals surface area contributed by atoms with Gasteiger partial charge in [0, 0.05) is 32.7 Å². The molecule has 0 spiro atoms. The van der Waals surface area contributed by atoms with Crippen molar-refractivity contribution in [1.82, 2.24) is 0 Å². The quantitative estimate of drug-likeness (QED) is 0.436. The third-order valence-corrected chi connectivity index (χ3v) is 3.41. The molecule has 0 aliphatic rings. The van der Waals surface area contributed by atoms with Crippen LogP contribution in [0, 0.1) is 12.1 Å². The van der Waals surface area contributed by atoms with Gasteiger partial charge in [-0.25, -0.2) is 12.1 Å². The zero-order valence-electron chi connectivity index (χ0n) is 11.2. The molecule has 3 aromatic rings. The SMILES string of the molecule is C[C-]=C(C)c1[c-]cc2cc3ccccc3cc2c1.[Y]. The predicted octanol–water partition coefficient (Wildman–Crippen LogP) is 5.02. The van der Waals surface area contributed by atoms with Gasteiger partial charge in [0.2, 0.25) is 0 Å². The fourth-order valence-corrected chi connectivity index (χ4v) is 2.23. The van der Waals surface area contributed by atoms with E-state index in [-0.39, 0.29) is 32.7 Å². The van der Waals surface area contributed by atoms with Crippen molar-refractivity contribution in [2.24, 2.45) is 0 Å². The zero-order chi connectivity index (χ0) is 12.5. The van der Waals surface area contributed by atoms with E-state index in [0.717, 1.165) is 11.1 Å². The van der Waals surface area contributed by atoms with Crippen molar-refractivity contribution in [3.8, 4) is 0 Å². The second-order valence-electron chi connectivity index (χ2n) is 4.55. The molecule has 0 saturated heterocycles. The van der Waals surface area contributed by atoms with Gasteiger partial charge in [-0.1, -0.05) is 36.4 Å². The minimum atomic E-state index is 0. The van der Waals surface area contributed by atoms with Crippen molar-refractivity contribution in [2.45, 2.75) is 13.8 Å².